The minimum absolute atomic E-state index is 0.0765. The van der Waals surface area contributed by atoms with Crippen LogP contribution in [0, 0.1) is 18.9 Å². The Labute approximate surface area is 176 Å². The molecule has 1 unspecified atom stereocenters. The number of β-amino-alcohol motifs (C(OH)–C–C–N with tert-alkyl or cyclic N) is 1. The smallest absolute Gasteiger partial charge is 0.338 e. The number of ether oxygens (including phenoxy) is 1. The Balaban J connectivity index is 1.35. The van der Waals surface area contributed by atoms with E-state index in [9.17, 15) is 9.90 Å². The van der Waals surface area contributed by atoms with Crippen molar-refractivity contribution < 1.29 is 14.6 Å². The highest BCUT2D eigenvalue weighted by atomic mass is 16.5. The second-order valence-corrected chi connectivity index (χ2v) is 8.56. The van der Waals surface area contributed by atoms with E-state index in [1.807, 2.05) is 19.1 Å². The van der Waals surface area contributed by atoms with Gasteiger partial charge in [-0.25, -0.2) is 9.64 Å². The summed E-state index contributed by atoms with van der Waals surface area (Å²) in [4.78, 5) is 21.7. The highest BCUT2D eigenvalue weighted by Gasteiger charge is 2.35. The van der Waals surface area contributed by atoms with E-state index in [4.69, 9.17) is 11.3 Å². The molecule has 2 N–H and O–H groups in total. The third-order valence-electron chi connectivity index (χ3n) is 6.21. The van der Waals surface area contributed by atoms with E-state index in [1.54, 1.807) is 18.3 Å². The predicted octanol–water partition coefficient (Wildman–Crippen LogP) is 3.47. The Kier molecular flexibility index (Phi) is 5.46. The van der Waals surface area contributed by atoms with Crippen LogP contribution in [-0.4, -0.2) is 47.1 Å². The number of hydrogen-bond acceptors (Lipinski definition) is 6. The van der Waals surface area contributed by atoms with Gasteiger partial charge in [-0.3, -0.25) is 9.88 Å². The number of carbonyl (C=O) groups excluding carboxylic acids is 1. The maximum atomic E-state index is 11.7. The third-order valence-corrected chi connectivity index (χ3v) is 6.21. The topological polar surface area (TPSA) is 79.0 Å². The summed E-state index contributed by atoms with van der Waals surface area (Å²) in [6, 6.07) is 7.21. The van der Waals surface area contributed by atoms with Gasteiger partial charge in [-0.05, 0) is 48.6 Å². The lowest BCUT2D eigenvalue weighted by atomic mass is 9.90. The van der Waals surface area contributed by atoms with Gasteiger partial charge in [-0.2, -0.15) is 0 Å². The number of nitrogens with zero attached hydrogens (tertiary/aromatic N) is 3. The van der Waals surface area contributed by atoms with Gasteiger partial charge in [0.15, 0.2) is 0 Å². The van der Waals surface area contributed by atoms with Crippen LogP contribution in [-0.2, 0) is 11.3 Å². The lowest BCUT2D eigenvalue weighted by Crippen LogP contribution is -2.33. The van der Waals surface area contributed by atoms with Crippen molar-refractivity contribution in [2.75, 3.05) is 31.5 Å². The van der Waals surface area contributed by atoms with E-state index >= 15 is 0 Å². The highest BCUT2D eigenvalue weighted by Crippen LogP contribution is 2.33. The van der Waals surface area contributed by atoms with Gasteiger partial charge in [0.25, 0.3) is 0 Å². The minimum Gasteiger partial charge on any atom is -0.457 e. The normalized spacial score (nSPS) is 21.7. The first-order chi connectivity index (χ1) is 14.4. The number of aliphatic hydroxyl groups excluding tert-OH is 1. The summed E-state index contributed by atoms with van der Waals surface area (Å²) in [5.41, 5.74) is 3.93. The molecule has 0 spiro atoms. The SMILES string of the molecule is [C-]#[N+]c1ccc(NCC2(C)CCN(C[C@H](O)c3ccc4c(c3C)COC4=O)C2)nc1. The number of benzene rings is 1. The number of rotatable bonds is 6. The van der Waals surface area contributed by atoms with E-state index in [0.717, 1.165) is 48.6 Å². The number of nitrogens with one attached hydrogen (secondary N) is 1. The second kappa shape index (κ2) is 8.05. The van der Waals surface area contributed by atoms with Crippen LogP contribution in [0.15, 0.2) is 30.5 Å². The van der Waals surface area contributed by atoms with Crippen molar-refractivity contribution in [3.8, 4) is 0 Å². The number of carbonyl (C=O) groups is 1. The molecule has 0 radical (unpaired) electrons. The molecule has 1 aromatic heterocycles. The minimum atomic E-state index is -0.607. The summed E-state index contributed by atoms with van der Waals surface area (Å²) < 4.78 is 5.12. The molecule has 1 fully saturated rings. The molecule has 156 valence electrons. The largest absolute Gasteiger partial charge is 0.457 e. The fourth-order valence-electron chi connectivity index (χ4n) is 4.36. The highest BCUT2D eigenvalue weighted by molar-refractivity contribution is 5.93. The van der Waals surface area contributed by atoms with Gasteiger partial charge >= 0.3 is 5.97 Å². The second-order valence-electron chi connectivity index (χ2n) is 8.56. The monoisotopic (exact) mass is 406 g/mol. The van der Waals surface area contributed by atoms with E-state index < -0.39 is 6.10 Å². The van der Waals surface area contributed by atoms with Crippen molar-refractivity contribution in [2.45, 2.75) is 33.0 Å². The molecule has 0 amide bonds. The van der Waals surface area contributed by atoms with E-state index in [1.165, 1.54) is 0 Å². The third kappa shape index (κ3) is 4.02. The lowest BCUT2D eigenvalue weighted by Gasteiger charge is -2.27. The Morgan fingerprint density at radius 1 is 1.40 bits per heavy atom. The molecule has 7 nitrogen and oxygen atoms in total. The first kappa shape index (κ1) is 20.3. The number of likely N-dealkylation sites (tertiary alicyclic amines) is 1. The number of esters is 1. The number of aromatic nitrogens is 1. The molecule has 2 aromatic rings. The zero-order valence-electron chi connectivity index (χ0n) is 17.3. The zero-order chi connectivity index (χ0) is 21.3. The Hall–Kier alpha value is -2.95. The van der Waals surface area contributed by atoms with Crippen molar-refractivity contribution in [3.63, 3.8) is 0 Å². The summed E-state index contributed by atoms with van der Waals surface area (Å²) in [5.74, 6) is 0.489. The molecule has 0 saturated carbocycles. The Morgan fingerprint density at radius 2 is 2.23 bits per heavy atom. The van der Waals surface area contributed by atoms with Crippen LogP contribution >= 0.6 is 0 Å². The van der Waals surface area contributed by atoms with E-state index in [0.29, 0.717) is 24.4 Å². The molecular weight excluding hydrogens is 380 g/mol. The van der Waals surface area contributed by atoms with Crippen LogP contribution < -0.4 is 5.32 Å². The quantitative estimate of drug-likeness (QED) is 0.565. The molecule has 7 heteroatoms. The van der Waals surface area contributed by atoms with Crippen molar-refractivity contribution in [1.29, 1.82) is 0 Å². The van der Waals surface area contributed by atoms with E-state index in [2.05, 4.69) is 27.0 Å². The summed E-state index contributed by atoms with van der Waals surface area (Å²) >= 11 is 0. The average Bonchev–Trinajstić information content (AvgIpc) is 3.30. The molecule has 30 heavy (non-hydrogen) atoms. The van der Waals surface area contributed by atoms with Gasteiger partial charge in [0.05, 0.1) is 18.2 Å². The molecule has 1 saturated heterocycles. The van der Waals surface area contributed by atoms with Crippen molar-refractivity contribution in [2.24, 2.45) is 5.41 Å². The number of anilines is 1. The molecule has 3 heterocycles. The molecule has 1 aromatic carbocycles. The number of cyclic esters (lactones) is 1. The molecule has 2 aliphatic heterocycles. The van der Waals surface area contributed by atoms with Gasteiger partial charge in [-0.15, -0.1) is 0 Å². The van der Waals surface area contributed by atoms with Crippen LogP contribution in [0.4, 0.5) is 11.5 Å². The van der Waals surface area contributed by atoms with Crippen molar-refractivity contribution in [1.82, 2.24) is 9.88 Å². The summed E-state index contributed by atoms with van der Waals surface area (Å²) in [6.07, 6.45) is 1.99. The molecule has 2 atom stereocenters. The Bertz CT molecular complexity index is 999. The summed E-state index contributed by atoms with van der Waals surface area (Å²) in [7, 11) is 0. The first-order valence-electron chi connectivity index (χ1n) is 10.2. The standard InChI is InChI=1S/C23H26N4O3/c1-15-17(5-6-18-19(15)12-30-22(18)29)20(28)11-27-9-8-23(2,14-27)13-26-21-7-4-16(24-3)10-25-21/h4-7,10,20,28H,8-9,11-14H2,1-2H3,(H,25,26)/t20-,23?/m0/s1. The maximum absolute atomic E-state index is 11.7. The number of hydrogen-bond donors (Lipinski definition) is 2. The first-order valence-corrected chi connectivity index (χ1v) is 10.2. The number of pyridine rings is 1. The number of fused-ring (bicyclic) bond motifs is 1. The van der Waals surface area contributed by atoms with Gasteiger partial charge < -0.3 is 15.2 Å². The lowest BCUT2D eigenvalue weighted by molar-refractivity contribution is 0.0535. The van der Waals surface area contributed by atoms with Crippen LogP contribution in [0.25, 0.3) is 4.85 Å². The van der Waals surface area contributed by atoms with Crippen molar-refractivity contribution >= 4 is 17.5 Å². The number of aliphatic hydroxyl groups is 1. The van der Waals surface area contributed by atoms with Gasteiger partial charge in [0.1, 0.15) is 12.4 Å². The van der Waals surface area contributed by atoms with E-state index in [-0.39, 0.29) is 11.4 Å². The molecule has 0 bridgehead atoms. The van der Waals surface area contributed by atoms with Crippen LogP contribution in [0.3, 0.4) is 0 Å². The summed E-state index contributed by atoms with van der Waals surface area (Å²) in [6.45, 7) is 14.6. The van der Waals surface area contributed by atoms with Gasteiger partial charge in [0.2, 0.25) is 5.69 Å². The van der Waals surface area contributed by atoms with Crippen LogP contribution in [0.1, 0.15) is 46.5 Å². The molecule has 0 aliphatic carbocycles. The average molecular weight is 406 g/mol. The molecular formula is C23H26N4O3. The predicted molar refractivity (Wildman–Crippen MR) is 113 cm³/mol. The molecule has 4 rings (SSSR count). The fraction of sp³-hybridized carbons (Fsp3) is 0.435. The maximum Gasteiger partial charge on any atom is 0.338 e. The van der Waals surface area contributed by atoms with Crippen molar-refractivity contribution in [3.05, 3.63) is 64.1 Å². The zero-order valence-corrected chi connectivity index (χ0v) is 17.3. The fourth-order valence-corrected chi connectivity index (χ4v) is 4.36. The summed E-state index contributed by atoms with van der Waals surface area (Å²) in [5, 5.41) is 14.2. The Morgan fingerprint density at radius 3 is 2.97 bits per heavy atom. The van der Waals surface area contributed by atoms with Crippen LogP contribution in [0.2, 0.25) is 0 Å². The molecule has 2 aliphatic rings. The van der Waals surface area contributed by atoms with Gasteiger partial charge in [-0.1, -0.05) is 19.1 Å². The van der Waals surface area contributed by atoms with Gasteiger partial charge in [0, 0.05) is 31.4 Å². The van der Waals surface area contributed by atoms with Crippen LogP contribution in [0.5, 0.6) is 0 Å².